The first-order valence-electron chi connectivity index (χ1n) is 5.65. The molecule has 2 N–H and O–H groups in total. The van der Waals surface area contributed by atoms with Crippen LogP contribution in [0.1, 0.15) is 24.0 Å². The van der Waals surface area contributed by atoms with Crippen molar-refractivity contribution in [3.8, 4) is 0 Å². The van der Waals surface area contributed by atoms with Crippen molar-refractivity contribution >= 4 is 21.9 Å². The summed E-state index contributed by atoms with van der Waals surface area (Å²) in [4.78, 5) is 11.3. The number of rotatable bonds is 2. The zero-order valence-corrected chi connectivity index (χ0v) is 11.4. The number of halogens is 1. The van der Waals surface area contributed by atoms with Gasteiger partial charge in [0, 0.05) is 10.0 Å². The van der Waals surface area contributed by atoms with Gasteiger partial charge >= 0.3 is 5.97 Å². The quantitative estimate of drug-likeness (QED) is 0.852. The van der Waals surface area contributed by atoms with E-state index in [1.807, 2.05) is 6.07 Å². The van der Waals surface area contributed by atoms with Crippen LogP contribution in [0, 0.1) is 0 Å². The van der Waals surface area contributed by atoms with Gasteiger partial charge in [-0.3, -0.25) is 4.79 Å². The van der Waals surface area contributed by atoms with Crippen LogP contribution in [0.25, 0.3) is 0 Å². The summed E-state index contributed by atoms with van der Waals surface area (Å²) in [6.07, 6.45) is 2.78. The largest absolute Gasteiger partial charge is 0.469 e. The summed E-state index contributed by atoms with van der Waals surface area (Å²) in [6, 6.07) is 6.23. The molecular weight excluding hydrogens is 282 g/mol. The van der Waals surface area contributed by atoms with E-state index in [2.05, 4.69) is 28.1 Å². The minimum atomic E-state index is -0.450. The molecule has 92 valence electrons. The van der Waals surface area contributed by atoms with E-state index in [-0.39, 0.29) is 5.97 Å². The Morgan fingerprint density at radius 3 is 3.00 bits per heavy atom. The Bertz CT molecular complexity index is 447. The molecule has 17 heavy (non-hydrogen) atoms. The van der Waals surface area contributed by atoms with Gasteiger partial charge in [0.25, 0.3) is 0 Å². The Hall–Kier alpha value is -0.870. The first kappa shape index (κ1) is 12.6. The standard InChI is InChI=1S/C13H16BrNO2/c1-17-12(16)8-13(15)5-4-9-6-11(14)3-2-10(9)7-13/h2-3,6H,4-5,7-8,15H2,1H3. The van der Waals surface area contributed by atoms with Crippen LogP contribution >= 0.6 is 15.9 Å². The molecule has 4 heteroatoms. The normalized spacial score (nSPS) is 23.0. The van der Waals surface area contributed by atoms with Crippen LogP contribution < -0.4 is 5.73 Å². The number of aryl methyl sites for hydroxylation is 1. The fourth-order valence-electron chi connectivity index (χ4n) is 2.36. The van der Waals surface area contributed by atoms with E-state index in [1.165, 1.54) is 18.2 Å². The van der Waals surface area contributed by atoms with Gasteiger partial charge in [0.1, 0.15) is 0 Å². The highest BCUT2D eigenvalue weighted by Gasteiger charge is 2.33. The van der Waals surface area contributed by atoms with Gasteiger partial charge in [-0.2, -0.15) is 0 Å². The molecule has 0 fully saturated rings. The van der Waals surface area contributed by atoms with Gasteiger partial charge in [-0.1, -0.05) is 22.0 Å². The number of fused-ring (bicyclic) bond motifs is 1. The average molecular weight is 298 g/mol. The van der Waals surface area contributed by atoms with Crippen molar-refractivity contribution in [1.29, 1.82) is 0 Å². The summed E-state index contributed by atoms with van der Waals surface area (Å²) in [7, 11) is 1.40. The van der Waals surface area contributed by atoms with Crippen LogP contribution in [0.4, 0.5) is 0 Å². The SMILES string of the molecule is COC(=O)CC1(N)CCc2cc(Br)ccc2C1. The number of carbonyl (C=O) groups excluding carboxylic acids is 1. The fourth-order valence-corrected chi connectivity index (χ4v) is 2.77. The Kier molecular flexibility index (Phi) is 3.54. The maximum Gasteiger partial charge on any atom is 0.307 e. The summed E-state index contributed by atoms with van der Waals surface area (Å²) >= 11 is 3.47. The van der Waals surface area contributed by atoms with Crippen LogP contribution in [-0.2, 0) is 22.4 Å². The van der Waals surface area contributed by atoms with E-state index in [9.17, 15) is 4.79 Å². The Labute approximate surface area is 109 Å². The molecule has 1 aliphatic carbocycles. The van der Waals surface area contributed by atoms with Crippen LogP contribution in [-0.4, -0.2) is 18.6 Å². The number of esters is 1. The number of ether oxygens (including phenoxy) is 1. The Morgan fingerprint density at radius 1 is 1.53 bits per heavy atom. The molecule has 0 bridgehead atoms. The zero-order valence-electron chi connectivity index (χ0n) is 9.83. The summed E-state index contributed by atoms with van der Waals surface area (Å²) < 4.78 is 5.79. The summed E-state index contributed by atoms with van der Waals surface area (Å²) in [5.41, 5.74) is 8.39. The molecule has 3 nitrogen and oxygen atoms in total. The van der Waals surface area contributed by atoms with Crippen molar-refractivity contribution in [3.63, 3.8) is 0 Å². The third kappa shape index (κ3) is 2.87. The molecule has 1 aromatic carbocycles. The van der Waals surface area contributed by atoms with E-state index in [1.54, 1.807) is 0 Å². The van der Waals surface area contributed by atoms with Gasteiger partial charge in [-0.15, -0.1) is 0 Å². The predicted molar refractivity (Wildman–Crippen MR) is 69.7 cm³/mol. The summed E-state index contributed by atoms with van der Waals surface area (Å²) in [5, 5.41) is 0. The third-order valence-electron chi connectivity index (χ3n) is 3.33. The van der Waals surface area contributed by atoms with Crippen molar-refractivity contribution in [1.82, 2.24) is 0 Å². The molecule has 0 saturated heterocycles. The number of carbonyl (C=O) groups is 1. The van der Waals surface area contributed by atoms with E-state index in [4.69, 9.17) is 10.5 Å². The van der Waals surface area contributed by atoms with E-state index in [0.29, 0.717) is 6.42 Å². The van der Waals surface area contributed by atoms with Gasteiger partial charge < -0.3 is 10.5 Å². The lowest BCUT2D eigenvalue weighted by Gasteiger charge is -2.34. The molecule has 0 spiro atoms. The van der Waals surface area contributed by atoms with Gasteiger partial charge in [-0.25, -0.2) is 0 Å². The second-order valence-corrected chi connectivity index (χ2v) is 5.62. The molecule has 0 amide bonds. The minimum Gasteiger partial charge on any atom is -0.469 e. The van der Waals surface area contributed by atoms with Crippen LogP contribution in [0.2, 0.25) is 0 Å². The molecule has 0 aliphatic heterocycles. The van der Waals surface area contributed by atoms with Crippen molar-refractivity contribution in [3.05, 3.63) is 33.8 Å². The Morgan fingerprint density at radius 2 is 2.29 bits per heavy atom. The number of nitrogens with two attached hydrogens (primary N) is 1. The lowest BCUT2D eigenvalue weighted by atomic mass is 9.77. The van der Waals surface area contributed by atoms with Crippen LogP contribution in [0.15, 0.2) is 22.7 Å². The summed E-state index contributed by atoms with van der Waals surface area (Å²) in [5.74, 6) is -0.229. The van der Waals surface area contributed by atoms with Gasteiger partial charge in [-0.05, 0) is 42.5 Å². The lowest BCUT2D eigenvalue weighted by Crippen LogP contribution is -2.47. The highest BCUT2D eigenvalue weighted by molar-refractivity contribution is 9.10. The molecule has 1 aliphatic rings. The minimum absolute atomic E-state index is 0.229. The average Bonchev–Trinajstić information content (AvgIpc) is 2.29. The molecular formula is C13H16BrNO2. The molecule has 0 heterocycles. The molecule has 1 atom stereocenters. The molecule has 1 unspecified atom stereocenters. The second-order valence-electron chi connectivity index (χ2n) is 4.71. The van der Waals surface area contributed by atoms with Gasteiger partial charge in [0.2, 0.25) is 0 Å². The highest BCUT2D eigenvalue weighted by Crippen LogP contribution is 2.31. The van der Waals surface area contributed by atoms with Crippen LogP contribution in [0.5, 0.6) is 0 Å². The number of hydrogen-bond acceptors (Lipinski definition) is 3. The first-order chi connectivity index (χ1) is 8.02. The zero-order chi connectivity index (χ0) is 12.5. The van der Waals surface area contributed by atoms with E-state index < -0.39 is 5.54 Å². The molecule has 0 aromatic heterocycles. The summed E-state index contributed by atoms with van der Waals surface area (Å²) in [6.45, 7) is 0. The highest BCUT2D eigenvalue weighted by atomic mass is 79.9. The second kappa shape index (κ2) is 4.78. The Balaban J connectivity index is 2.17. The monoisotopic (exact) mass is 297 g/mol. The van der Waals surface area contributed by atoms with Gasteiger partial charge in [0.05, 0.1) is 13.5 Å². The van der Waals surface area contributed by atoms with Crippen molar-refractivity contribution in [2.24, 2.45) is 5.73 Å². The third-order valence-corrected chi connectivity index (χ3v) is 3.82. The maximum atomic E-state index is 11.3. The molecule has 0 saturated carbocycles. The van der Waals surface area contributed by atoms with Crippen molar-refractivity contribution < 1.29 is 9.53 Å². The number of benzene rings is 1. The predicted octanol–water partition coefficient (Wildman–Crippen LogP) is 2.20. The lowest BCUT2D eigenvalue weighted by molar-refractivity contribution is -0.142. The molecule has 1 aromatic rings. The number of hydrogen-bond donors (Lipinski definition) is 1. The first-order valence-corrected chi connectivity index (χ1v) is 6.45. The smallest absolute Gasteiger partial charge is 0.307 e. The number of methoxy groups -OCH3 is 1. The maximum absolute atomic E-state index is 11.3. The van der Waals surface area contributed by atoms with Crippen molar-refractivity contribution in [2.75, 3.05) is 7.11 Å². The van der Waals surface area contributed by atoms with Crippen molar-refractivity contribution in [2.45, 2.75) is 31.2 Å². The molecule has 2 rings (SSSR count). The molecule has 0 radical (unpaired) electrons. The van der Waals surface area contributed by atoms with E-state index in [0.717, 1.165) is 23.7 Å². The van der Waals surface area contributed by atoms with Crippen LogP contribution in [0.3, 0.4) is 0 Å². The van der Waals surface area contributed by atoms with E-state index >= 15 is 0 Å². The topological polar surface area (TPSA) is 52.3 Å². The van der Waals surface area contributed by atoms with Gasteiger partial charge in [0.15, 0.2) is 0 Å². The fraction of sp³-hybridized carbons (Fsp3) is 0.462.